The molecule has 0 spiro atoms. The Morgan fingerprint density at radius 3 is 3.20 bits per heavy atom. The fourth-order valence-electron chi connectivity index (χ4n) is 0.405. The molecule has 4 nitrogen and oxygen atoms in total. The topological polar surface area (TPSA) is 59.4 Å². The molecule has 0 atom stereocenters. The Bertz CT molecular complexity index is 209. The second kappa shape index (κ2) is 3.17. The number of carboxylic acids is 1. The van der Waals surface area contributed by atoms with Gasteiger partial charge in [-0.1, -0.05) is 11.3 Å². The average Bonchev–Trinajstić information content (AvgIpc) is 2.34. The molecule has 54 valence electrons. The van der Waals surface area contributed by atoms with Crippen LogP contribution in [0.5, 0.6) is 5.19 Å². The maximum absolute atomic E-state index is 9.95. The number of aromatic nitrogens is 1. The minimum Gasteiger partial charge on any atom is -0.479 e. The summed E-state index contributed by atoms with van der Waals surface area (Å²) in [5.74, 6) is -0.991. The van der Waals surface area contributed by atoms with Crippen molar-refractivity contribution in [2.75, 3.05) is 6.61 Å². The van der Waals surface area contributed by atoms with Crippen LogP contribution in [0.3, 0.4) is 0 Å². The van der Waals surface area contributed by atoms with Gasteiger partial charge in [0, 0.05) is 11.6 Å². The van der Waals surface area contributed by atoms with Gasteiger partial charge in [-0.3, -0.25) is 0 Å². The molecule has 1 aromatic rings. The molecule has 0 aliphatic carbocycles. The molecule has 0 saturated carbocycles. The minimum absolute atomic E-state index is 0.326. The molecule has 5 heteroatoms. The van der Waals surface area contributed by atoms with Crippen LogP contribution in [-0.4, -0.2) is 22.7 Å². The Morgan fingerprint density at radius 2 is 2.70 bits per heavy atom. The SMILES string of the molecule is O=C(O)COc1nccs1. The van der Waals surface area contributed by atoms with E-state index >= 15 is 0 Å². The van der Waals surface area contributed by atoms with Crippen molar-refractivity contribution in [3.8, 4) is 5.19 Å². The van der Waals surface area contributed by atoms with E-state index in [4.69, 9.17) is 9.84 Å². The van der Waals surface area contributed by atoms with Gasteiger partial charge in [-0.05, 0) is 0 Å². The van der Waals surface area contributed by atoms with Gasteiger partial charge in [0.15, 0.2) is 6.61 Å². The first kappa shape index (κ1) is 7.01. The van der Waals surface area contributed by atoms with Crippen LogP contribution in [0.4, 0.5) is 0 Å². The lowest BCUT2D eigenvalue weighted by Crippen LogP contribution is -2.08. The van der Waals surface area contributed by atoms with Crippen LogP contribution in [0.25, 0.3) is 0 Å². The predicted octanol–water partition coefficient (Wildman–Crippen LogP) is 0.607. The first-order chi connectivity index (χ1) is 4.79. The number of nitrogens with zero attached hydrogens (tertiary/aromatic N) is 1. The van der Waals surface area contributed by atoms with E-state index in [1.165, 1.54) is 11.3 Å². The molecular weight excluding hydrogens is 154 g/mol. The number of rotatable bonds is 3. The Labute approximate surface area is 61.1 Å². The van der Waals surface area contributed by atoms with Gasteiger partial charge in [0.25, 0.3) is 5.19 Å². The number of ether oxygens (including phenoxy) is 1. The zero-order valence-corrected chi connectivity index (χ0v) is 5.80. The maximum Gasteiger partial charge on any atom is 0.341 e. The molecule has 0 radical (unpaired) electrons. The van der Waals surface area contributed by atoms with E-state index in [9.17, 15) is 4.79 Å². The fourth-order valence-corrected chi connectivity index (χ4v) is 0.892. The summed E-state index contributed by atoms with van der Waals surface area (Å²) in [4.78, 5) is 13.7. The van der Waals surface area contributed by atoms with Gasteiger partial charge in [0.1, 0.15) is 0 Å². The van der Waals surface area contributed by atoms with E-state index in [0.717, 1.165) is 0 Å². The van der Waals surface area contributed by atoms with Crippen molar-refractivity contribution in [2.24, 2.45) is 0 Å². The summed E-state index contributed by atoms with van der Waals surface area (Å²) in [6.45, 7) is -0.326. The molecule has 0 aliphatic rings. The van der Waals surface area contributed by atoms with E-state index in [1.54, 1.807) is 11.6 Å². The van der Waals surface area contributed by atoms with Gasteiger partial charge < -0.3 is 9.84 Å². The van der Waals surface area contributed by atoms with E-state index in [2.05, 4.69) is 4.98 Å². The van der Waals surface area contributed by atoms with Gasteiger partial charge in [-0.2, -0.15) is 0 Å². The second-order valence-electron chi connectivity index (χ2n) is 1.48. The van der Waals surface area contributed by atoms with Gasteiger partial charge >= 0.3 is 5.97 Å². The second-order valence-corrected chi connectivity index (χ2v) is 2.34. The third-order valence-corrected chi connectivity index (χ3v) is 1.41. The lowest BCUT2D eigenvalue weighted by molar-refractivity contribution is -0.139. The summed E-state index contributed by atoms with van der Waals surface area (Å²) < 4.78 is 4.72. The molecule has 0 saturated heterocycles. The van der Waals surface area contributed by atoms with E-state index in [1.807, 2.05) is 0 Å². The Kier molecular flexibility index (Phi) is 2.22. The normalized spacial score (nSPS) is 9.20. The molecule has 0 bridgehead atoms. The van der Waals surface area contributed by atoms with Crippen LogP contribution in [0.2, 0.25) is 0 Å². The van der Waals surface area contributed by atoms with Crippen molar-refractivity contribution in [3.63, 3.8) is 0 Å². The third kappa shape index (κ3) is 2.02. The molecule has 0 aliphatic heterocycles. The van der Waals surface area contributed by atoms with Crippen molar-refractivity contribution in [2.45, 2.75) is 0 Å². The van der Waals surface area contributed by atoms with Crippen LogP contribution < -0.4 is 4.74 Å². The molecule has 1 heterocycles. The number of carboxylic acid groups (broad SMARTS) is 1. The minimum atomic E-state index is -0.991. The standard InChI is InChI=1S/C5H5NO3S/c7-4(8)3-9-5-6-1-2-10-5/h1-2H,3H2,(H,7,8). The lowest BCUT2D eigenvalue weighted by Gasteiger charge is -1.94. The Hall–Kier alpha value is -1.10. The van der Waals surface area contributed by atoms with E-state index in [-0.39, 0.29) is 6.61 Å². The third-order valence-electron chi connectivity index (χ3n) is 0.729. The summed E-state index contributed by atoms with van der Waals surface area (Å²) in [5, 5.41) is 10.3. The molecule has 0 unspecified atom stereocenters. The summed E-state index contributed by atoms with van der Waals surface area (Å²) in [6.07, 6.45) is 1.56. The summed E-state index contributed by atoms with van der Waals surface area (Å²) >= 11 is 1.27. The van der Waals surface area contributed by atoms with Gasteiger partial charge in [-0.15, -0.1) is 0 Å². The van der Waals surface area contributed by atoms with Crippen molar-refractivity contribution in [3.05, 3.63) is 11.6 Å². The quantitative estimate of drug-likeness (QED) is 0.701. The number of thiazole rings is 1. The molecule has 10 heavy (non-hydrogen) atoms. The fraction of sp³-hybridized carbons (Fsp3) is 0.200. The van der Waals surface area contributed by atoms with Crippen molar-refractivity contribution >= 4 is 17.3 Å². The molecular formula is C5H5NO3S. The molecule has 1 aromatic heterocycles. The number of hydrogen-bond acceptors (Lipinski definition) is 4. The van der Waals surface area contributed by atoms with Crippen LogP contribution in [0.1, 0.15) is 0 Å². The molecule has 0 fully saturated rings. The van der Waals surface area contributed by atoms with E-state index < -0.39 is 5.97 Å². The highest BCUT2D eigenvalue weighted by Crippen LogP contribution is 2.12. The molecule has 1 rings (SSSR count). The first-order valence-corrected chi connectivity index (χ1v) is 3.41. The van der Waals surface area contributed by atoms with Crippen LogP contribution >= 0.6 is 11.3 Å². The number of hydrogen-bond donors (Lipinski definition) is 1. The zero-order chi connectivity index (χ0) is 7.40. The zero-order valence-electron chi connectivity index (χ0n) is 4.98. The molecule has 0 aromatic carbocycles. The lowest BCUT2D eigenvalue weighted by atomic mass is 10.7. The van der Waals surface area contributed by atoms with Crippen LogP contribution in [-0.2, 0) is 4.79 Å². The first-order valence-electron chi connectivity index (χ1n) is 2.53. The highest BCUT2D eigenvalue weighted by atomic mass is 32.1. The van der Waals surface area contributed by atoms with E-state index in [0.29, 0.717) is 5.19 Å². The Morgan fingerprint density at radius 1 is 1.90 bits per heavy atom. The highest BCUT2D eigenvalue weighted by molar-refractivity contribution is 7.11. The molecule has 0 amide bonds. The van der Waals surface area contributed by atoms with Gasteiger partial charge in [0.2, 0.25) is 0 Å². The van der Waals surface area contributed by atoms with Crippen molar-refractivity contribution < 1.29 is 14.6 Å². The smallest absolute Gasteiger partial charge is 0.341 e. The maximum atomic E-state index is 9.95. The van der Waals surface area contributed by atoms with Gasteiger partial charge in [0.05, 0.1) is 0 Å². The highest BCUT2D eigenvalue weighted by Gasteiger charge is 1.99. The van der Waals surface area contributed by atoms with Gasteiger partial charge in [-0.25, -0.2) is 9.78 Å². The summed E-state index contributed by atoms with van der Waals surface area (Å²) in [5.41, 5.74) is 0. The summed E-state index contributed by atoms with van der Waals surface area (Å²) in [7, 11) is 0. The largest absolute Gasteiger partial charge is 0.479 e. The number of carbonyl (C=O) groups is 1. The number of aliphatic carboxylic acids is 1. The van der Waals surface area contributed by atoms with Crippen LogP contribution in [0, 0.1) is 0 Å². The predicted molar refractivity (Wildman–Crippen MR) is 35.2 cm³/mol. The monoisotopic (exact) mass is 159 g/mol. The van der Waals surface area contributed by atoms with Crippen LogP contribution in [0.15, 0.2) is 11.6 Å². The summed E-state index contributed by atoms with van der Waals surface area (Å²) in [6, 6.07) is 0. The molecule has 1 N–H and O–H groups in total. The van der Waals surface area contributed by atoms with Crippen molar-refractivity contribution in [1.29, 1.82) is 0 Å². The Balaban J connectivity index is 2.35. The average molecular weight is 159 g/mol. The van der Waals surface area contributed by atoms with Crippen molar-refractivity contribution in [1.82, 2.24) is 4.98 Å².